The van der Waals surface area contributed by atoms with Gasteiger partial charge in [-0.3, -0.25) is 4.79 Å². The van der Waals surface area contributed by atoms with Crippen molar-refractivity contribution in [1.29, 1.82) is 5.26 Å². The van der Waals surface area contributed by atoms with Crippen molar-refractivity contribution < 1.29 is 4.79 Å². The van der Waals surface area contributed by atoms with E-state index in [9.17, 15) is 4.79 Å². The van der Waals surface area contributed by atoms with E-state index in [4.69, 9.17) is 5.26 Å². The van der Waals surface area contributed by atoms with Crippen molar-refractivity contribution in [2.45, 2.75) is 39.2 Å². The third kappa shape index (κ3) is 2.14. The van der Waals surface area contributed by atoms with Crippen molar-refractivity contribution in [3.8, 4) is 6.07 Å². The standard InChI is InChI=1S/C13H17N3OS/c1-8-9(2)18-11(10(8)7-14)16-12(17)13(3)5-4-6-15-13/h15H,4-6H2,1-3H3,(H,16,17). The number of nitriles is 1. The van der Waals surface area contributed by atoms with E-state index in [1.807, 2.05) is 20.8 Å². The highest BCUT2D eigenvalue weighted by Gasteiger charge is 2.36. The second-order valence-electron chi connectivity index (χ2n) is 4.92. The summed E-state index contributed by atoms with van der Waals surface area (Å²) in [5, 5.41) is 15.9. The summed E-state index contributed by atoms with van der Waals surface area (Å²) in [6.07, 6.45) is 1.85. The molecule has 1 saturated heterocycles. The van der Waals surface area contributed by atoms with Crippen LogP contribution in [0.4, 0.5) is 5.00 Å². The van der Waals surface area contributed by atoms with Crippen LogP contribution in [0, 0.1) is 25.2 Å². The number of carbonyl (C=O) groups is 1. The quantitative estimate of drug-likeness (QED) is 0.860. The Morgan fingerprint density at radius 1 is 1.56 bits per heavy atom. The highest BCUT2D eigenvalue weighted by Crippen LogP contribution is 2.32. The normalized spacial score (nSPS) is 22.8. The summed E-state index contributed by atoms with van der Waals surface area (Å²) in [6, 6.07) is 2.17. The van der Waals surface area contributed by atoms with E-state index < -0.39 is 5.54 Å². The Balaban J connectivity index is 2.22. The Hall–Kier alpha value is -1.38. The van der Waals surface area contributed by atoms with E-state index in [1.54, 1.807) is 0 Å². The molecule has 18 heavy (non-hydrogen) atoms. The maximum Gasteiger partial charge on any atom is 0.245 e. The minimum Gasteiger partial charge on any atom is -0.315 e. The molecular weight excluding hydrogens is 246 g/mol. The molecular formula is C13H17N3OS. The number of nitrogens with zero attached hydrogens (tertiary/aromatic N) is 1. The molecule has 1 aromatic rings. The smallest absolute Gasteiger partial charge is 0.245 e. The van der Waals surface area contributed by atoms with E-state index in [1.165, 1.54) is 11.3 Å². The summed E-state index contributed by atoms with van der Waals surface area (Å²) in [5.41, 5.74) is 1.05. The summed E-state index contributed by atoms with van der Waals surface area (Å²) < 4.78 is 0. The lowest BCUT2D eigenvalue weighted by atomic mass is 9.99. The Morgan fingerprint density at radius 3 is 2.83 bits per heavy atom. The van der Waals surface area contributed by atoms with E-state index in [-0.39, 0.29) is 5.91 Å². The Bertz CT molecular complexity index is 521. The van der Waals surface area contributed by atoms with Crippen LogP contribution in [0.3, 0.4) is 0 Å². The van der Waals surface area contributed by atoms with Gasteiger partial charge < -0.3 is 10.6 Å². The van der Waals surface area contributed by atoms with Crippen LogP contribution in [-0.4, -0.2) is 18.0 Å². The van der Waals surface area contributed by atoms with Crippen LogP contribution < -0.4 is 10.6 Å². The zero-order chi connectivity index (χ0) is 13.3. The molecule has 0 bridgehead atoms. The van der Waals surface area contributed by atoms with Crippen molar-refractivity contribution in [2.24, 2.45) is 0 Å². The van der Waals surface area contributed by atoms with Gasteiger partial charge in [-0.05, 0) is 45.7 Å². The van der Waals surface area contributed by atoms with Crippen LogP contribution in [0.25, 0.3) is 0 Å². The van der Waals surface area contributed by atoms with Crippen LogP contribution in [-0.2, 0) is 4.79 Å². The van der Waals surface area contributed by atoms with Crippen LogP contribution in [0.15, 0.2) is 0 Å². The topological polar surface area (TPSA) is 64.9 Å². The second-order valence-corrected chi connectivity index (χ2v) is 6.14. The molecule has 0 aliphatic carbocycles. The Labute approximate surface area is 111 Å². The molecule has 2 rings (SSSR count). The maximum atomic E-state index is 12.2. The summed E-state index contributed by atoms with van der Waals surface area (Å²) in [6.45, 7) is 6.66. The molecule has 2 N–H and O–H groups in total. The monoisotopic (exact) mass is 263 g/mol. The molecule has 4 nitrogen and oxygen atoms in total. The third-order valence-corrected chi connectivity index (χ3v) is 4.72. The molecule has 0 spiro atoms. The van der Waals surface area contributed by atoms with E-state index >= 15 is 0 Å². The lowest BCUT2D eigenvalue weighted by Gasteiger charge is -2.22. The molecule has 0 aromatic carbocycles. The molecule has 0 radical (unpaired) electrons. The predicted octanol–water partition coefficient (Wildman–Crippen LogP) is 2.32. The van der Waals surface area contributed by atoms with Gasteiger partial charge in [-0.25, -0.2) is 0 Å². The molecule has 1 unspecified atom stereocenters. The number of rotatable bonds is 2. The van der Waals surface area contributed by atoms with Crippen LogP contribution in [0.5, 0.6) is 0 Å². The molecule has 2 heterocycles. The first kappa shape index (κ1) is 13.1. The second kappa shape index (κ2) is 4.71. The minimum absolute atomic E-state index is 0.0437. The zero-order valence-electron chi connectivity index (χ0n) is 10.9. The van der Waals surface area contributed by atoms with Crippen molar-refractivity contribution in [3.63, 3.8) is 0 Å². The van der Waals surface area contributed by atoms with Gasteiger partial charge in [-0.1, -0.05) is 0 Å². The van der Waals surface area contributed by atoms with Crippen molar-refractivity contribution >= 4 is 22.2 Å². The lowest BCUT2D eigenvalue weighted by molar-refractivity contribution is -0.121. The zero-order valence-corrected chi connectivity index (χ0v) is 11.7. The number of carbonyl (C=O) groups excluding carboxylic acids is 1. The summed E-state index contributed by atoms with van der Waals surface area (Å²) in [5.74, 6) is -0.0437. The molecule has 1 amide bonds. The van der Waals surface area contributed by atoms with Crippen LogP contribution in [0.1, 0.15) is 35.8 Å². The number of aryl methyl sites for hydroxylation is 1. The van der Waals surface area contributed by atoms with Crippen molar-refractivity contribution in [2.75, 3.05) is 11.9 Å². The number of nitrogens with one attached hydrogen (secondary N) is 2. The summed E-state index contributed by atoms with van der Waals surface area (Å²) in [4.78, 5) is 13.3. The maximum absolute atomic E-state index is 12.2. The number of hydrogen-bond donors (Lipinski definition) is 2. The number of hydrogen-bond acceptors (Lipinski definition) is 4. The lowest BCUT2D eigenvalue weighted by Crippen LogP contribution is -2.47. The van der Waals surface area contributed by atoms with Gasteiger partial charge in [-0.15, -0.1) is 11.3 Å². The van der Waals surface area contributed by atoms with E-state index in [0.29, 0.717) is 10.6 Å². The van der Waals surface area contributed by atoms with Gasteiger partial charge >= 0.3 is 0 Å². The van der Waals surface area contributed by atoms with Crippen LogP contribution >= 0.6 is 11.3 Å². The molecule has 96 valence electrons. The van der Waals surface area contributed by atoms with E-state index in [0.717, 1.165) is 29.8 Å². The molecule has 5 heteroatoms. The summed E-state index contributed by atoms with van der Waals surface area (Å²) in [7, 11) is 0. The predicted molar refractivity (Wildman–Crippen MR) is 72.8 cm³/mol. The third-order valence-electron chi connectivity index (χ3n) is 3.59. The number of thiophene rings is 1. The largest absolute Gasteiger partial charge is 0.315 e. The average Bonchev–Trinajstić information content (AvgIpc) is 2.87. The average molecular weight is 263 g/mol. The number of anilines is 1. The Morgan fingerprint density at radius 2 is 2.28 bits per heavy atom. The first-order chi connectivity index (χ1) is 8.48. The molecule has 1 fully saturated rings. The SMILES string of the molecule is Cc1sc(NC(=O)C2(C)CCCN2)c(C#N)c1C. The van der Waals surface area contributed by atoms with Gasteiger partial charge in [0.1, 0.15) is 11.1 Å². The summed E-state index contributed by atoms with van der Waals surface area (Å²) >= 11 is 1.47. The minimum atomic E-state index is -0.501. The molecule has 1 aliphatic rings. The highest BCUT2D eigenvalue weighted by molar-refractivity contribution is 7.16. The fourth-order valence-corrected chi connectivity index (χ4v) is 3.18. The van der Waals surface area contributed by atoms with Gasteiger partial charge in [0.25, 0.3) is 0 Å². The molecule has 1 atom stereocenters. The fraction of sp³-hybridized carbons (Fsp3) is 0.538. The first-order valence-electron chi connectivity index (χ1n) is 6.04. The van der Waals surface area contributed by atoms with Crippen molar-refractivity contribution in [1.82, 2.24) is 5.32 Å². The van der Waals surface area contributed by atoms with E-state index in [2.05, 4.69) is 16.7 Å². The van der Waals surface area contributed by atoms with Gasteiger partial charge in [0.15, 0.2) is 0 Å². The molecule has 1 aliphatic heterocycles. The van der Waals surface area contributed by atoms with Gasteiger partial charge in [0.2, 0.25) is 5.91 Å². The molecule has 0 saturated carbocycles. The Kier molecular flexibility index (Phi) is 3.42. The van der Waals surface area contributed by atoms with Gasteiger partial charge in [0.05, 0.1) is 11.1 Å². The number of amides is 1. The van der Waals surface area contributed by atoms with Gasteiger partial charge in [0, 0.05) is 4.88 Å². The highest BCUT2D eigenvalue weighted by atomic mass is 32.1. The van der Waals surface area contributed by atoms with Gasteiger partial charge in [-0.2, -0.15) is 5.26 Å². The van der Waals surface area contributed by atoms with Crippen LogP contribution in [0.2, 0.25) is 0 Å². The van der Waals surface area contributed by atoms with Crippen molar-refractivity contribution in [3.05, 3.63) is 16.0 Å². The molecule has 1 aromatic heterocycles. The fourth-order valence-electron chi connectivity index (χ4n) is 2.18. The first-order valence-corrected chi connectivity index (χ1v) is 6.86.